The SMILES string of the molecule is CCN(C)C(c1ccccc1)c1nc(C2(N)CCCC2)no1. The predicted molar refractivity (Wildman–Crippen MR) is 85.2 cm³/mol. The largest absolute Gasteiger partial charge is 0.337 e. The van der Waals surface area contributed by atoms with Gasteiger partial charge in [0, 0.05) is 0 Å². The van der Waals surface area contributed by atoms with Gasteiger partial charge in [-0.25, -0.2) is 0 Å². The van der Waals surface area contributed by atoms with Crippen LogP contribution >= 0.6 is 0 Å². The molecule has 1 aromatic heterocycles. The second-order valence-electron chi connectivity index (χ2n) is 6.21. The van der Waals surface area contributed by atoms with Crippen LogP contribution in [0.1, 0.15) is 55.9 Å². The van der Waals surface area contributed by atoms with E-state index in [-0.39, 0.29) is 6.04 Å². The van der Waals surface area contributed by atoms with Gasteiger partial charge in [-0.2, -0.15) is 4.98 Å². The molecule has 1 saturated carbocycles. The van der Waals surface area contributed by atoms with E-state index >= 15 is 0 Å². The van der Waals surface area contributed by atoms with Gasteiger partial charge in [0.15, 0.2) is 5.82 Å². The lowest BCUT2D eigenvalue weighted by Gasteiger charge is -2.24. The van der Waals surface area contributed by atoms with E-state index in [0.29, 0.717) is 11.7 Å². The van der Waals surface area contributed by atoms with Gasteiger partial charge in [0.1, 0.15) is 6.04 Å². The Hall–Kier alpha value is -1.72. The number of rotatable bonds is 5. The molecule has 1 aliphatic rings. The van der Waals surface area contributed by atoms with Crippen LogP contribution < -0.4 is 5.73 Å². The first kappa shape index (κ1) is 15.2. The molecule has 1 fully saturated rings. The van der Waals surface area contributed by atoms with Gasteiger partial charge in [-0.15, -0.1) is 0 Å². The quantitative estimate of drug-likeness (QED) is 0.919. The van der Waals surface area contributed by atoms with Crippen LogP contribution in [0.4, 0.5) is 0 Å². The average molecular weight is 300 g/mol. The smallest absolute Gasteiger partial charge is 0.248 e. The number of hydrogen-bond acceptors (Lipinski definition) is 5. The summed E-state index contributed by atoms with van der Waals surface area (Å²) < 4.78 is 5.60. The molecule has 1 atom stereocenters. The Morgan fingerprint density at radius 1 is 1.27 bits per heavy atom. The minimum Gasteiger partial charge on any atom is -0.337 e. The maximum absolute atomic E-state index is 6.44. The third-order valence-corrected chi connectivity index (χ3v) is 4.67. The molecule has 0 radical (unpaired) electrons. The maximum Gasteiger partial charge on any atom is 0.248 e. The Balaban J connectivity index is 1.94. The van der Waals surface area contributed by atoms with Crippen molar-refractivity contribution in [3.8, 4) is 0 Å². The van der Waals surface area contributed by atoms with Crippen molar-refractivity contribution in [2.45, 2.75) is 44.2 Å². The minimum atomic E-state index is -0.409. The van der Waals surface area contributed by atoms with Gasteiger partial charge < -0.3 is 10.3 Å². The molecule has 0 spiro atoms. The van der Waals surface area contributed by atoms with Gasteiger partial charge in [0.25, 0.3) is 0 Å². The standard InChI is InChI=1S/C17H24N4O/c1-3-21(2)14(13-9-5-4-6-10-13)15-19-16(20-22-15)17(18)11-7-8-12-17/h4-6,9-10,14H,3,7-8,11-12,18H2,1-2H3. The summed E-state index contributed by atoms with van der Waals surface area (Å²) in [5.41, 5.74) is 7.19. The molecule has 1 heterocycles. The lowest BCUT2D eigenvalue weighted by atomic mass is 9.98. The van der Waals surface area contributed by atoms with E-state index in [1.54, 1.807) is 0 Å². The van der Waals surface area contributed by atoms with Crippen molar-refractivity contribution in [1.82, 2.24) is 15.0 Å². The predicted octanol–water partition coefficient (Wildman–Crippen LogP) is 2.84. The molecular formula is C17H24N4O. The molecular weight excluding hydrogens is 276 g/mol. The number of aromatic nitrogens is 2. The van der Waals surface area contributed by atoms with Crippen LogP contribution in [0.15, 0.2) is 34.9 Å². The number of nitrogens with zero attached hydrogens (tertiary/aromatic N) is 3. The number of hydrogen-bond donors (Lipinski definition) is 1. The van der Waals surface area contributed by atoms with E-state index in [4.69, 9.17) is 10.3 Å². The van der Waals surface area contributed by atoms with E-state index in [0.717, 1.165) is 37.8 Å². The Bertz CT molecular complexity index is 604. The lowest BCUT2D eigenvalue weighted by Crippen LogP contribution is -2.34. The lowest BCUT2D eigenvalue weighted by molar-refractivity contribution is 0.233. The number of benzene rings is 1. The van der Waals surface area contributed by atoms with E-state index in [1.807, 2.05) is 18.2 Å². The zero-order valence-electron chi connectivity index (χ0n) is 13.3. The number of nitrogens with two attached hydrogens (primary N) is 1. The summed E-state index contributed by atoms with van der Waals surface area (Å²) in [4.78, 5) is 6.86. The van der Waals surface area contributed by atoms with Crippen LogP contribution in [0.3, 0.4) is 0 Å². The highest BCUT2D eigenvalue weighted by atomic mass is 16.5. The summed E-state index contributed by atoms with van der Waals surface area (Å²) in [7, 11) is 2.06. The third kappa shape index (κ3) is 2.78. The summed E-state index contributed by atoms with van der Waals surface area (Å²) in [5, 5.41) is 4.20. The van der Waals surface area contributed by atoms with Crippen LogP contribution in [0.25, 0.3) is 0 Å². The van der Waals surface area contributed by atoms with Crippen molar-refractivity contribution < 1.29 is 4.52 Å². The first-order chi connectivity index (χ1) is 10.6. The van der Waals surface area contributed by atoms with Gasteiger partial charge >= 0.3 is 0 Å². The monoisotopic (exact) mass is 300 g/mol. The zero-order valence-corrected chi connectivity index (χ0v) is 13.3. The summed E-state index contributed by atoms with van der Waals surface area (Å²) in [6, 6.07) is 10.2. The first-order valence-electron chi connectivity index (χ1n) is 8.02. The van der Waals surface area contributed by atoms with E-state index in [9.17, 15) is 0 Å². The van der Waals surface area contributed by atoms with Crippen molar-refractivity contribution in [3.63, 3.8) is 0 Å². The Morgan fingerprint density at radius 2 is 1.95 bits per heavy atom. The van der Waals surface area contributed by atoms with Crippen LogP contribution in [0, 0.1) is 0 Å². The third-order valence-electron chi connectivity index (χ3n) is 4.67. The Labute approximate surface area is 131 Å². The minimum absolute atomic E-state index is 0.0301. The van der Waals surface area contributed by atoms with Gasteiger partial charge in [0.05, 0.1) is 5.54 Å². The van der Waals surface area contributed by atoms with Gasteiger partial charge in [-0.3, -0.25) is 4.90 Å². The molecule has 0 bridgehead atoms. The van der Waals surface area contributed by atoms with Crippen molar-refractivity contribution >= 4 is 0 Å². The first-order valence-corrected chi connectivity index (χ1v) is 8.02. The van der Waals surface area contributed by atoms with Crippen molar-refractivity contribution in [1.29, 1.82) is 0 Å². The van der Waals surface area contributed by atoms with E-state index in [1.165, 1.54) is 0 Å². The molecule has 3 rings (SSSR count). The van der Waals surface area contributed by atoms with Gasteiger partial charge in [-0.1, -0.05) is 55.3 Å². The molecule has 0 amide bonds. The van der Waals surface area contributed by atoms with Gasteiger partial charge in [0.2, 0.25) is 5.89 Å². The summed E-state index contributed by atoms with van der Waals surface area (Å²) in [6.07, 6.45) is 4.14. The van der Waals surface area contributed by atoms with Crippen LogP contribution in [0.5, 0.6) is 0 Å². The highest BCUT2D eigenvalue weighted by molar-refractivity contribution is 5.24. The second-order valence-corrected chi connectivity index (χ2v) is 6.21. The van der Waals surface area contributed by atoms with Crippen LogP contribution in [0.2, 0.25) is 0 Å². The molecule has 1 aromatic carbocycles. The zero-order chi connectivity index (χ0) is 15.6. The molecule has 5 heteroatoms. The molecule has 1 unspecified atom stereocenters. The Morgan fingerprint density at radius 3 is 2.59 bits per heavy atom. The summed E-state index contributed by atoms with van der Waals surface area (Å²) >= 11 is 0. The molecule has 1 aliphatic carbocycles. The highest BCUT2D eigenvalue weighted by Crippen LogP contribution is 2.36. The summed E-state index contributed by atoms with van der Waals surface area (Å²) in [5.74, 6) is 1.28. The fraction of sp³-hybridized carbons (Fsp3) is 0.529. The molecule has 118 valence electrons. The van der Waals surface area contributed by atoms with Gasteiger partial charge in [-0.05, 0) is 32.0 Å². The second kappa shape index (κ2) is 6.18. The van der Waals surface area contributed by atoms with E-state index in [2.05, 4.69) is 41.1 Å². The van der Waals surface area contributed by atoms with Crippen LogP contribution in [-0.4, -0.2) is 28.6 Å². The van der Waals surface area contributed by atoms with Crippen LogP contribution in [-0.2, 0) is 5.54 Å². The molecule has 0 saturated heterocycles. The molecule has 2 aromatic rings. The molecule has 22 heavy (non-hydrogen) atoms. The van der Waals surface area contributed by atoms with Crippen molar-refractivity contribution in [2.24, 2.45) is 5.73 Å². The normalized spacial score (nSPS) is 18.7. The maximum atomic E-state index is 6.44. The fourth-order valence-corrected chi connectivity index (χ4v) is 3.18. The van der Waals surface area contributed by atoms with E-state index < -0.39 is 5.54 Å². The average Bonchev–Trinajstić information content (AvgIpc) is 3.19. The van der Waals surface area contributed by atoms with Crippen molar-refractivity contribution in [2.75, 3.05) is 13.6 Å². The molecule has 2 N–H and O–H groups in total. The molecule has 5 nitrogen and oxygen atoms in total. The molecule has 0 aliphatic heterocycles. The Kier molecular flexibility index (Phi) is 4.27. The fourth-order valence-electron chi connectivity index (χ4n) is 3.18. The topological polar surface area (TPSA) is 68.2 Å². The van der Waals surface area contributed by atoms with Crippen molar-refractivity contribution in [3.05, 3.63) is 47.6 Å². The highest BCUT2D eigenvalue weighted by Gasteiger charge is 2.37. The summed E-state index contributed by atoms with van der Waals surface area (Å²) in [6.45, 7) is 3.01.